The van der Waals surface area contributed by atoms with E-state index in [1.54, 1.807) is 23.7 Å². The van der Waals surface area contributed by atoms with E-state index in [9.17, 15) is 4.79 Å². The van der Waals surface area contributed by atoms with E-state index in [0.29, 0.717) is 5.41 Å². The molecule has 2 aromatic rings. The van der Waals surface area contributed by atoms with Gasteiger partial charge in [0.2, 0.25) is 0 Å². The molecule has 2 heterocycles. The monoisotopic (exact) mass is 291 g/mol. The van der Waals surface area contributed by atoms with Gasteiger partial charge in [-0.15, -0.1) is 11.3 Å². The van der Waals surface area contributed by atoms with Crippen molar-refractivity contribution in [3.8, 4) is 0 Å². The van der Waals surface area contributed by atoms with Crippen LogP contribution < -0.4 is 0 Å². The predicted molar refractivity (Wildman–Crippen MR) is 75.7 cm³/mol. The summed E-state index contributed by atoms with van der Waals surface area (Å²) in [5.74, 6) is 0. The summed E-state index contributed by atoms with van der Waals surface area (Å²) in [6.45, 7) is 4.80. The molecule has 2 aromatic heterocycles. The molecule has 0 aromatic carbocycles. The number of hydrogen-bond donors (Lipinski definition) is 0. The number of fused-ring (bicyclic) bond motifs is 1. The lowest BCUT2D eigenvalue weighted by atomic mass is 9.79. The molecule has 5 nitrogen and oxygen atoms in total. The normalized spacial score (nSPS) is 16.7. The van der Waals surface area contributed by atoms with Gasteiger partial charge in [-0.3, -0.25) is 0 Å². The number of aromatic nitrogens is 3. The fourth-order valence-corrected chi connectivity index (χ4v) is 3.66. The van der Waals surface area contributed by atoms with Crippen molar-refractivity contribution in [2.24, 2.45) is 5.41 Å². The van der Waals surface area contributed by atoms with Crippen LogP contribution in [-0.4, -0.2) is 20.6 Å². The van der Waals surface area contributed by atoms with Crippen molar-refractivity contribution in [1.82, 2.24) is 14.5 Å². The van der Waals surface area contributed by atoms with Gasteiger partial charge in [-0.1, -0.05) is 13.8 Å². The van der Waals surface area contributed by atoms with Crippen molar-refractivity contribution < 1.29 is 9.53 Å². The van der Waals surface area contributed by atoms with Crippen molar-refractivity contribution >= 4 is 17.4 Å². The second-order valence-corrected chi connectivity index (χ2v) is 7.01. The quantitative estimate of drug-likeness (QED) is 0.853. The van der Waals surface area contributed by atoms with Gasteiger partial charge in [0.1, 0.15) is 17.9 Å². The fourth-order valence-electron chi connectivity index (χ4n) is 2.38. The summed E-state index contributed by atoms with van der Waals surface area (Å²) in [5, 5.41) is 0.876. The molecule has 0 spiro atoms. The zero-order valence-corrected chi connectivity index (χ0v) is 12.4. The van der Waals surface area contributed by atoms with E-state index in [1.165, 1.54) is 21.5 Å². The zero-order chi connectivity index (χ0) is 14.2. The summed E-state index contributed by atoms with van der Waals surface area (Å²) in [4.78, 5) is 21.4. The largest absolute Gasteiger partial charge is 0.441 e. The van der Waals surface area contributed by atoms with Gasteiger partial charge in [0.15, 0.2) is 0 Å². The molecular weight excluding hydrogens is 274 g/mol. The van der Waals surface area contributed by atoms with Crippen molar-refractivity contribution in [2.75, 3.05) is 0 Å². The van der Waals surface area contributed by atoms with Crippen LogP contribution in [0.3, 0.4) is 0 Å². The van der Waals surface area contributed by atoms with Gasteiger partial charge in [0.25, 0.3) is 0 Å². The first-order valence-corrected chi connectivity index (χ1v) is 7.48. The molecule has 106 valence electrons. The molecule has 0 fully saturated rings. The number of rotatable bonds is 2. The molecule has 6 heteroatoms. The van der Waals surface area contributed by atoms with Gasteiger partial charge in [-0.2, -0.15) is 0 Å². The first kappa shape index (κ1) is 13.3. The Bertz CT molecular complexity index is 616. The van der Waals surface area contributed by atoms with Gasteiger partial charge >= 0.3 is 6.09 Å². The lowest BCUT2D eigenvalue weighted by Gasteiger charge is -2.28. The molecular formula is C14H17N3O2S. The second kappa shape index (κ2) is 5.01. The van der Waals surface area contributed by atoms with Crippen LogP contribution in [0.25, 0.3) is 0 Å². The highest BCUT2D eigenvalue weighted by Gasteiger charge is 2.28. The number of carbonyl (C=O) groups excluding carboxylic acids is 1. The summed E-state index contributed by atoms with van der Waals surface area (Å²) in [6, 6.07) is 0. The van der Waals surface area contributed by atoms with Crippen LogP contribution in [0, 0.1) is 5.41 Å². The topological polar surface area (TPSA) is 57.0 Å². The Balaban J connectivity index is 1.65. The average molecular weight is 291 g/mol. The first-order valence-electron chi connectivity index (χ1n) is 6.66. The molecule has 0 bridgehead atoms. The summed E-state index contributed by atoms with van der Waals surface area (Å²) in [5.41, 5.74) is 1.53. The maximum atomic E-state index is 11.7. The van der Waals surface area contributed by atoms with Crippen LogP contribution >= 0.6 is 11.3 Å². The number of carbonyl (C=O) groups is 1. The smallest absolute Gasteiger partial charge is 0.419 e. The van der Waals surface area contributed by atoms with Crippen molar-refractivity contribution in [1.29, 1.82) is 0 Å². The van der Waals surface area contributed by atoms with Gasteiger partial charge < -0.3 is 4.74 Å². The third-order valence-electron chi connectivity index (χ3n) is 3.53. The lowest BCUT2D eigenvalue weighted by Crippen LogP contribution is -2.20. The van der Waals surface area contributed by atoms with Crippen LogP contribution in [0.4, 0.5) is 4.79 Å². The first-order chi connectivity index (χ1) is 9.53. The third-order valence-corrected chi connectivity index (χ3v) is 4.61. The van der Waals surface area contributed by atoms with Gasteiger partial charge in [-0.05, 0) is 24.7 Å². The maximum absolute atomic E-state index is 11.7. The Morgan fingerprint density at radius 3 is 3.15 bits per heavy atom. The average Bonchev–Trinajstić information content (AvgIpc) is 3.03. The number of ether oxygens (including phenoxy) is 1. The Kier molecular flexibility index (Phi) is 3.33. The minimum Gasteiger partial charge on any atom is -0.441 e. The van der Waals surface area contributed by atoms with Crippen molar-refractivity contribution in [2.45, 2.75) is 39.7 Å². The van der Waals surface area contributed by atoms with E-state index < -0.39 is 6.09 Å². The second-order valence-electron chi connectivity index (χ2n) is 5.84. The Morgan fingerprint density at radius 1 is 1.55 bits per heavy atom. The van der Waals surface area contributed by atoms with Crippen LogP contribution in [0.1, 0.15) is 35.8 Å². The highest BCUT2D eigenvalue weighted by Crippen LogP contribution is 2.37. The summed E-state index contributed by atoms with van der Waals surface area (Å²) in [6.07, 6.45) is 7.37. The van der Waals surface area contributed by atoms with Crippen LogP contribution in [0.5, 0.6) is 0 Å². The van der Waals surface area contributed by atoms with Crippen LogP contribution in [0.2, 0.25) is 0 Å². The molecule has 0 saturated carbocycles. The van der Waals surface area contributed by atoms with Gasteiger partial charge in [-0.25, -0.2) is 19.3 Å². The van der Waals surface area contributed by atoms with Crippen molar-refractivity contribution in [3.05, 3.63) is 34.3 Å². The molecule has 0 amide bonds. The number of hydrogen-bond acceptors (Lipinski definition) is 5. The van der Waals surface area contributed by atoms with Crippen LogP contribution in [0.15, 0.2) is 18.7 Å². The highest BCUT2D eigenvalue weighted by atomic mass is 32.1. The Morgan fingerprint density at radius 2 is 2.40 bits per heavy atom. The molecule has 0 saturated heterocycles. The van der Waals surface area contributed by atoms with E-state index in [0.717, 1.165) is 24.3 Å². The third kappa shape index (κ3) is 2.75. The lowest BCUT2D eigenvalue weighted by molar-refractivity contribution is 0.141. The molecule has 0 aliphatic heterocycles. The maximum Gasteiger partial charge on any atom is 0.419 e. The summed E-state index contributed by atoms with van der Waals surface area (Å²) < 4.78 is 6.55. The number of nitrogens with zero attached hydrogens (tertiary/aromatic N) is 3. The zero-order valence-electron chi connectivity index (χ0n) is 11.6. The summed E-state index contributed by atoms with van der Waals surface area (Å²) >= 11 is 1.66. The molecule has 0 radical (unpaired) electrons. The van der Waals surface area contributed by atoms with Gasteiger partial charge in [0, 0.05) is 17.3 Å². The van der Waals surface area contributed by atoms with E-state index in [2.05, 4.69) is 23.8 Å². The van der Waals surface area contributed by atoms with E-state index >= 15 is 0 Å². The standard InChI is InChI=1S/C14H17N3O2S/c1-14(2)4-3-10-11(7-14)20-12(16-10)8-19-13(18)17-6-5-15-9-17/h5-6,9H,3-4,7-8H2,1-2H3. The van der Waals surface area contributed by atoms with Gasteiger partial charge in [0.05, 0.1) is 5.69 Å². The van der Waals surface area contributed by atoms with Crippen molar-refractivity contribution in [3.63, 3.8) is 0 Å². The molecule has 20 heavy (non-hydrogen) atoms. The van der Waals surface area contributed by atoms with E-state index in [4.69, 9.17) is 4.74 Å². The molecule has 0 atom stereocenters. The predicted octanol–water partition coefficient (Wildman–Crippen LogP) is 3.04. The fraction of sp³-hybridized carbons (Fsp3) is 0.500. The molecule has 3 rings (SSSR count). The molecule has 1 aliphatic rings. The minimum absolute atomic E-state index is 0.231. The molecule has 1 aliphatic carbocycles. The number of aryl methyl sites for hydroxylation is 1. The molecule has 0 N–H and O–H groups in total. The SMILES string of the molecule is CC1(C)CCc2nc(COC(=O)n3ccnc3)sc2C1. The molecule has 0 unspecified atom stereocenters. The Labute approximate surface area is 121 Å². The summed E-state index contributed by atoms with van der Waals surface area (Å²) in [7, 11) is 0. The Hall–Kier alpha value is -1.69. The van der Waals surface area contributed by atoms with Crippen LogP contribution in [-0.2, 0) is 24.2 Å². The highest BCUT2D eigenvalue weighted by molar-refractivity contribution is 7.11. The van der Waals surface area contributed by atoms with E-state index in [-0.39, 0.29) is 6.61 Å². The minimum atomic E-state index is -0.420. The van der Waals surface area contributed by atoms with E-state index in [1.807, 2.05) is 0 Å². The number of imidazole rings is 1. The number of thiazole rings is 1.